The van der Waals surface area contributed by atoms with E-state index in [-0.39, 0.29) is 12.5 Å². The van der Waals surface area contributed by atoms with E-state index in [0.717, 1.165) is 15.6 Å². The molecule has 1 aromatic heterocycles. The maximum Gasteiger partial charge on any atom is 0.469 e. The fraction of sp³-hybridized carbons (Fsp3) is 0.625. The second-order valence-corrected chi connectivity index (χ2v) is 5.86. The number of thiazole rings is 1. The summed E-state index contributed by atoms with van der Waals surface area (Å²) in [5, 5.41) is 0.846. The quantitative estimate of drug-likeness (QED) is 0.800. The van der Waals surface area contributed by atoms with Gasteiger partial charge in [-0.25, -0.2) is 9.55 Å². The Labute approximate surface area is 92.4 Å². The molecule has 0 bridgehead atoms. The SMILES string of the molecule is Cc1nc(C(C)COP(=O)(O)O)sc1C. The van der Waals surface area contributed by atoms with Crippen LogP contribution in [0.25, 0.3) is 0 Å². The molecule has 1 aromatic rings. The highest BCUT2D eigenvalue weighted by molar-refractivity contribution is 7.46. The summed E-state index contributed by atoms with van der Waals surface area (Å²) in [6.07, 6.45) is 0. The van der Waals surface area contributed by atoms with Crippen molar-refractivity contribution < 1.29 is 18.9 Å². The first-order chi connectivity index (χ1) is 6.79. The third kappa shape index (κ3) is 4.01. The van der Waals surface area contributed by atoms with Crippen molar-refractivity contribution in [3.8, 4) is 0 Å². The van der Waals surface area contributed by atoms with Crippen LogP contribution >= 0.6 is 19.2 Å². The van der Waals surface area contributed by atoms with E-state index >= 15 is 0 Å². The Kier molecular flexibility index (Phi) is 4.03. The van der Waals surface area contributed by atoms with E-state index in [1.165, 1.54) is 11.3 Å². The van der Waals surface area contributed by atoms with Crippen LogP contribution in [0.15, 0.2) is 0 Å². The van der Waals surface area contributed by atoms with Gasteiger partial charge >= 0.3 is 7.82 Å². The second-order valence-electron chi connectivity index (χ2n) is 3.38. The molecule has 0 aliphatic rings. The maximum atomic E-state index is 10.5. The summed E-state index contributed by atoms with van der Waals surface area (Å²) in [5.41, 5.74) is 0.957. The van der Waals surface area contributed by atoms with Crippen LogP contribution in [0.2, 0.25) is 0 Å². The van der Waals surface area contributed by atoms with Crippen LogP contribution in [0, 0.1) is 13.8 Å². The molecule has 0 saturated carbocycles. The van der Waals surface area contributed by atoms with Crippen LogP contribution in [0.4, 0.5) is 0 Å². The number of rotatable bonds is 4. The average molecular weight is 251 g/mol. The summed E-state index contributed by atoms with van der Waals surface area (Å²) in [4.78, 5) is 22.5. The lowest BCUT2D eigenvalue weighted by Gasteiger charge is -2.09. The number of phosphoric ester groups is 1. The van der Waals surface area contributed by atoms with Crippen LogP contribution in [0.1, 0.15) is 28.4 Å². The molecule has 1 rings (SSSR count). The smallest absolute Gasteiger partial charge is 0.303 e. The number of hydrogen-bond acceptors (Lipinski definition) is 4. The minimum Gasteiger partial charge on any atom is -0.303 e. The highest BCUT2D eigenvalue weighted by atomic mass is 32.1. The van der Waals surface area contributed by atoms with Gasteiger partial charge in [0, 0.05) is 10.8 Å². The van der Waals surface area contributed by atoms with Gasteiger partial charge in [0.2, 0.25) is 0 Å². The Morgan fingerprint density at radius 2 is 2.13 bits per heavy atom. The van der Waals surface area contributed by atoms with E-state index in [9.17, 15) is 4.57 Å². The molecule has 15 heavy (non-hydrogen) atoms. The summed E-state index contributed by atoms with van der Waals surface area (Å²) < 4.78 is 14.9. The largest absolute Gasteiger partial charge is 0.469 e. The highest BCUT2D eigenvalue weighted by Gasteiger charge is 2.18. The minimum atomic E-state index is -4.37. The molecule has 0 aliphatic heterocycles. The molecular formula is C8H14NO4PS. The van der Waals surface area contributed by atoms with Crippen molar-refractivity contribution in [3.05, 3.63) is 15.6 Å². The highest BCUT2D eigenvalue weighted by Crippen LogP contribution is 2.37. The van der Waals surface area contributed by atoms with E-state index in [0.29, 0.717) is 0 Å². The summed E-state index contributed by atoms with van der Waals surface area (Å²) in [6.45, 7) is 5.68. The predicted octanol–water partition coefficient (Wildman–Crippen LogP) is 1.97. The fourth-order valence-corrected chi connectivity index (χ4v) is 2.37. The molecule has 1 heterocycles. The summed E-state index contributed by atoms with van der Waals surface area (Å²) >= 11 is 1.53. The fourth-order valence-electron chi connectivity index (χ4n) is 0.989. The second kappa shape index (κ2) is 4.72. The van der Waals surface area contributed by atoms with Crippen molar-refractivity contribution >= 4 is 19.2 Å². The minimum absolute atomic E-state index is 0.0172. The van der Waals surface area contributed by atoms with Gasteiger partial charge in [-0.05, 0) is 13.8 Å². The van der Waals surface area contributed by atoms with Gasteiger partial charge in [0.15, 0.2) is 0 Å². The van der Waals surface area contributed by atoms with Gasteiger partial charge in [0.25, 0.3) is 0 Å². The molecule has 0 saturated heterocycles. The van der Waals surface area contributed by atoms with Crippen molar-refractivity contribution in [2.45, 2.75) is 26.7 Å². The number of nitrogens with zero attached hydrogens (tertiary/aromatic N) is 1. The van der Waals surface area contributed by atoms with Gasteiger partial charge in [0.1, 0.15) is 0 Å². The van der Waals surface area contributed by atoms with Gasteiger partial charge in [-0.15, -0.1) is 11.3 Å². The first-order valence-corrected chi connectivity index (χ1v) is 6.78. The molecule has 0 amide bonds. The molecule has 5 nitrogen and oxygen atoms in total. The number of hydrogen-bond donors (Lipinski definition) is 2. The third-order valence-corrected chi connectivity index (χ3v) is 3.75. The molecule has 86 valence electrons. The van der Waals surface area contributed by atoms with Crippen LogP contribution < -0.4 is 0 Å². The Morgan fingerprint density at radius 1 is 1.53 bits per heavy atom. The Bertz CT molecular complexity index is 366. The standard InChI is InChI=1S/C8H14NO4PS/c1-5(4-13-14(10,11)12)8-9-6(2)7(3)15-8/h5H,4H2,1-3H3,(H2,10,11,12). The topological polar surface area (TPSA) is 79.7 Å². The van der Waals surface area contributed by atoms with Gasteiger partial charge in [-0.2, -0.15) is 0 Å². The lowest BCUT2D eigenvalue weighted by Crippen LogP contribution is -2.02. The molecule has 2 N–H and O–H groups in total. The predicted molar refractivity (Wildman–Crippen MR) is 58.0 cm³/mol. The molecule has 1 atom stereocenters. The number of aryl methyl sites for hydroxylation is 2. The van der Waals surface area contributed by atoms with E-state index in [4.69, 9.17) is 9.79 Å². The lowest BCUT2D eigenvalue weighted by molar-refractivity contribution is 0.188. The molecule has 0 radical (unpaired) electrons. The summed E-state index contributed by atoms with van der Waals surface area (Å²) in [6, 6.07) is 0. The van der Waals surface area contributed by atoms with Crippen molar-refractivity contribution in [2.75, 3.05) is 6.61 Å². The third-order valence-electron chi connectivity index (χ3n) is 1.96. The van der Waals surface area contributed by atoms with E-state index in [2.05, 4.69) is 9.51 Å². The molecule has 0 fully saturated rings. The molecule has 0 aliphatic carbocycles. The Morgan fingerprint density at radius 3 is 2.53 bits per heavy atom. The first kappa shape index (κ1) is 12.8. The molecule has 7 heteroatoms. The molecular weight excluding hydrogens is 237 g/mol. The Balaban J connectivity index is 2.61. The summed E-state index contributed by atoms with van der Waals surface area (Å²) in [7, 11) is -4.37. The van der Waals surface area contributed by atoms with Gasteiger partial charge in [0.05, 0.1) is 17.3 Å². The zero-order valence-electron chi connectivity index (χ0n) is 8.80. The van der Waals surface area contributed by atoms with Crippen LogP contribution in [0.5, 0.6) is 0 Å². The van der Waals surface area contributed by atoms with Crippen LogP contribution in [-0.2, 0) is 9.09 Å². The first-order valence-electron chi connectivity index (χ1n) is 4.43. The van der Waals surface area contributed by atoms with E-state index in [1.54, 1.807) is 0 Å². The zero-order chi connectivity index (χ0) is 11.6. The van der Waals surface area contributed by atoms with Crippen molar-refractivity contribution in [2.24, 2.45) is 0 Å². The van der Waals surface area contributed by atoms with Crippen LogP contribution in [-0.4, -0.2) is 21.4 Å². The molecule has 0 aromatic carbocycles. The average Bonchev–Trinajstić information content (AvgIpc) is 2.42. The van der Waals surface area contributed by atoms with Crippen molar-refractivity contribution in [3.63, 3.8) is 0 Å². The molecule has 0 spiro atoms. The number of phosphoric acid groups is 1. The lowest BCUT2D eigenvalue weighted by atomic mass is 10.2. The van der Waals surface area contributed by atoms with Crippen LogP contribution in [0.3, 0.4) is 0 Å². The van der Waals surface area contributed by atoms with Crippen molar-refractivity contribution in [1.29, 1.82) is 0 Å². The van der Waals surface area contributed by atoms with Gasteiger partial charge in [-0.1, -0.05) is 6.92 Å². The zero-order valence-corrected chi connectivity index (χ0v) is 10.5. The molecule has 1 unspecified atom stereocenters. The van der Waals surface area contributed by atoms with Crippen molar-refractivity contribution in [1.82, 2.24) is 4.98 Å². The normalized spacial score (nSPS) is 14.2. The summed E-state index contributed by atoms with van der Waals surface area (Å²) in [5.74, 6) is -0.102. The number of aromatic nitrogens is 1. The maximum absolute atomic E-state index is 10.5. The Hall–Kier alpha value is -0.260. The monoisotopic (exact) mass is 251 g/mol. The van der Waals surface area contributed by atoms with Gasteiger partial charge in [-0.3, -0.25) is 4.52 Å². The van der Waals surface area contributed by atoms with E-state index in [1.807, 2.05) is 20.8 Å². The van der Waals surface area contributed by atoms with E-state index < -0.39 is 7.82 Å². The van der Waals surface area contributed by atoms with Gasteiger partial charge < -0.3 is 9.79 Å².